The lowest BCUT2D eigenvalue weighted by molar-refractivity contribution is -0.116. The van der Waals surface area contributed by atoms with E-state index in [0.29, 0.717) is 12.8 Å². The summed E-state index contributed by atoms with van der Waals surface area (Å²) in [5, 5.41) is 0. The van der Waals surface area contributed by atoms with Crippen LogP contribution in [0.15, 0.2) is 36.0 Å². The van der Waals surface area contributed by atoms with E-state index in [4.69, 9.17) is 0 Å². The third-order valence-corrected chi connectivity index (χ3v) is 2.40. The molecule has 0 amide bonds. The van der Waals surface area contributed by atoms with Gasteiger partial charge < -0.3 is 0 Å². The summed E-state index contributed by atoms with van der Waals surface area (Å²) in [4.78, 5) is 11.6. The Morgan fingerprint density at radius 1 is 1.54 bits per heavy atom. The monoisotopic (exact) mass is 176 g/mol. The molecule has 0 aromatic rings. The van der Waals surface area contributed by atoms with Gasteiger partial charge in [0.1, 0.15) is 0 Å². The van der Waals surface area contributed by atoms with Gasteiger partial charge in [0.2, 0.25) is 0 Å². The number of rotatable bonds is 3. The van der Waals surface area contributed by atoms with Gasteiger partial charge in [-0.15, -0.1) is 6.58 Å². The number of ketones is 1. The summed E-state index contributed by atoms with van der Waals surface area (Å²) in [7, 11) is 0. The van der Waals surface area contributed by atoms with Gasteiger partial charge in [0.15, 0.2) is 5.78 Å². The number of hydrogen-bond acceptors (Lipinski definition) is 1. The molecule has 0 radical (unpaired) electrons. The van der Waals surface area contributed by atoms with Crippen LogP contribution in [0.25, 0.3) is 0 Å². The summed E-state index contributed by atoms with van der Waals surface area (Å²) in [6.07, 6.45) is 5.16. The molecule has 0 aromatic heterocycles. The Morgan fingerprint density at radius 2 is 2.23 bits per heavy atom. The van der Waals surface area contributed by atoms with Crippen LogP contribution in [0.4, 0.5) is 0 Å². The van der Waals surface area contributed by atoms with Gasteiger partial charge in [-0.2, -0.15) is 0 Å². The molecule has 0 heterocycles. The second kappa shape index (κ2) is 4.22. The molecule has 13 heavy (non-hydrogen) atoms. The molecular formula is C12H16O. The number of carbonyl (C=O) groups excluding carboxylic acids is 1. The number of carbonyl (C=O) groups is 1. The molecule has 0 saturated carbocycles. The smallest absolute Gasteiger partial charge is 0.159 e. The molecule has 0 fully saturated rings. The highest BCUT2D eigenvalue weighted by Gasteiger charge is 2.19. The fourth-order valence-corrected chi connectivity index (χ4v) is 1.75. The minimum atomic E-state index is 0.282. The zero-order valence-corrected chi connectivity index (χ0v) is 8.23. The predicted molar refractivity (Wildman–Crippen MR) is 55.5 cm³/mol. The van der Waals surface area contributed by atoms with Crippen LogP contribution in [0, 0.1) is 0 Å². The molecule has 0 N–H and O–H groups in total. The number of Topliss-reactive ketones (excluding diaryl/α,β-unsaturated/α-hetero) is 1. The molecule has 0 atom stereocenters. The van der Waals surface area contributed by atoms with Gasteiger partial charge in [-0.1, -0.05) is 18.2 Å². The van der Waals surface area contributed by atoms with E-state index in [9.17, 15) is 4.79 Å². The van der Waals surface area contributed by atoms with Gasteiger partial charge in [0.25, 0.3) is 0 Å². The second-order valence-corrected chi connectivity index (χ2v) is 3.51. The lowest BCUT2D eigenvalue weighted by Crippen LogP contribution is -2.11. The van der Waals surface area contributed by atoms with Crippen LogP contribution in [-0.2, 0) is 4.79 Å². The highest BCUT2D eigenvalue weighted by atomic mass is 16.1. The van der Waals surface area contributed by atoms with Crippen molar-refractivity contribution in [1.82, 2.24) is 0 Å². The summed E-state index contributed by atoms with van der Waals surface area (Å²) >= 11 is 0. The fraction of sp³-hybridized carbons (Fsp3) is 0.417. The molecule has 1 rings (SSSR count). The molecule has 0 aliphatic heterocycles. The maximum absolute atomic E-state index is 11.6. The largest absolute Gasteiger partial charge is 0.295 e. The van der Waals surface area contributed by atoms with Crippen molar-refractivity contribution in [3.8, 4) is 0 Å². The number of hydrogen-bond donors (Lipinski definition) is 0. The average Bonchev–Trinajstić information content (AvgIpc) is 2.08. The highest BCUT2D eigenvalue weighted by Crippen LogP contribution is 2.28. The first-order chi connectivity index (χ1) is 6.16. The first kappa shape index (κ1) is 9.97. The van der Waals surface area contributed by atoms with Crippen LogP contribution in [0.2, 0.25) is 0 Å². The molecule has 1 heteroatoms. The Balaban J connectivity index is 3.03. The molecule has 1 aliphatic carbocycles. The fourth-order valence-electron chi connectivity index (χ4n) is 1.75. The van der Waals surface area contributed by atoms with Gasteiger partial charge in [0, 0.05) is 12.0 Å². The SMILES string of the molecule is C=CCC1=C(C(=C)C)CCCC1=O. The van der Waals surface area contributed by atoms with Crippen LogP contribution in [0.1, 0.15) is 32.6 Å². The van der Waals surface area contributed by atoms with Crippen molar-refractivity contribution in [2.75, 3.05) is 0 Å². The van der Waals surface area contributed by atoms with Crippen molar-refractivity contribution in [3.05, 3.63) is 36.0 Å². The molecule has 70 valence electrons. The van der Waals surface area contributed by atoms with Gasteiger partial charge >= 0.3 is 0 Å². The van der Waals surface area contributed by atoms with Gasteiger partial charge in [-0.05, 0) is 31.8 Å². The minimum absolute atomic E-state index is 0.282. The third kappa shape index (κ3) is 2.18. The van der Waals surface area contributed by atoms with Gasteiger partial charge in [0.05, 0.1) is 0 Å². The van der Waals surface area contributed by atoms with E-state index in [0.717, 1.165) is 29.6 Å². The molecule has 1 aliphatic rings. The lowest BCUT2D eigenvalue weighted by Gasteiger charge is -2.18. The van der Waals surface area contributed by atoms with Gasteiger partial charge in [-0.3, -0.25) is 4.79 Å². The minimum Gasteiger partial charge on any atom is -0.295 e. The van der Waals surface area contributed by atoms with Crippen LogP contribution in [0.3, 0.4) is 0 Å². The van der Waals surface area contributed by atoms with Crippen molar-refractivity contribution in [3.63, 3.8) is 0 Å². The molecule has 0 unspecified atom stereocenters. The van der Waals surface area contributed by atoms with E-state index in [1.54, 1.807) is 6.08 Å². The van der Waals surface area contributed by atoms with E-state index in [-0.39, 0.29) is 5.78 Å². The average molecular weight is 176 g/mol. The highest BCUT2D eigenvalue weighted by molar-refractivity contribution is 5.97. The first-order valence-corrected chi connectivity index (χ1v) is 4.68. The Kier molecular flexibility index (Phi) is 3.24. The quantitative estimate of drug-likeness (QED) is 0.603. The zero-order valence-electron chi connectivity index (χ0n) is 8.23. The van der Waals surface area contributed by atoms with Crippen molar-refractivity contribution >= 4 is 5.78 Å². The first-order valence-electron chi connectivity index (χ1n) is 4.68. The second-order valence-electron chi connectivity index (χ2n) is 3.51. The summed E-state index contributed by atoms with van der Waals surface area (Å²) in [6, 6.07) is 0. The molecule has 0 spiro atoms. The molecule has 0 bridgehead atoms. The van der Waals surface area contributed by atoms with Crippen molar-refractivity contribution in [2.24, 2.45) is 0 Å². The van der Waals surface area contributed by atoms with Gasteiger partial charge in [-0.25, -0.2) is 0 Å². The van der Waals surface area contributed by atoms with E-state index < -0.39 is 0 Å². The van der Waals surface area contributed by atoms with Crippen LogP contribution in [-0.4, -0.2) is 5.78 Å². The zero-order chi connectivity index (χ0) is 9.84. The predicted octanol–water partition coefficient (Wildman–Crippen LogP) is 3.19. The maximum atomic E-state index is 11.6. The lowest BCUT2D eigenvalue weighted by atomic mass is 9.86. The van der Waals surface area contributed by atoms with Crippen molar-refractivity contribution in [1.29, 1.82) is 0 Å². The van der Waals surface area contributed by atoms with Crippen LogP contribution < -0.4 is 0 Å². The van der Waals surface area contributed by atoms with E-state index in [1.165, 1.54) is 0 Å². The Labute approximate surface area is 79.8 Å². The Hall–Kier alpha value is -1.11. The Bertz CT molecular complexity index is 281. The van der Waals surface area contributed by atoms with E-state index >= 15 is 0 Å². The molecule has 0 aromatic carbocycles. The summed E-state index contributed by atoms with van der Waals surface area (Å²) < 4.78 is 0. The van der Waals surface area contributed by atoms with E-state index in [2.05, 4.69) is 13.2 Å². The maximum Gasteiger partial charge on any atom is 0.159 e. The van der Waals surface area contributed by atoms with E-state index in [1.807, 2.05) is 6.92 Å². The third-order valence-electron chi connectivity index (χ3n) is 2.40. The molecular weight excluding hydrogens is 160 g/mol. The Morgan fingerprint density at radius 3 is 2.77 bits per heavy atom. The van der Waals surface area contributed by atoms with Crippen molar-refractivity contribution < 1.29 is 4.79 Å². The summed E-state index contributed by atoms with van der Waals surface area (Å²) in [5.74, 6) is 0.282. The normalized spacial score (nSPS) is 17.5. The number of allylic oxidation sites excluding steroid dienone is 4. The summed E-state index contributed by atoms with van der Waals surface area (Å²) in [5.41, 5.74) is 3.13. The van der Waals surface area contributed by atoms with Crippen LogP contribution >= 0.6 is 0 Å². The van der Waals surface area contributed by atoms with Crippen LogP contribution in [0.5, 0.6) is 0 Å². The molecule has 1 nitrogen and oxygen atoms in total. The summed E-state index contributed by atoms with van der Waals surface area (Å²) in [6.45, 7) is 9.54. The standard InChI is InChI=1S/C12H16O/c1-4-6-11-10(9(2)3)7-5-8-12(11)13/h4H,1-2,5-8H2,3H3. The van der Waals surface area contributed by atoms with Crippen molar-refractivity contribution in [2.45, 2.75) is 32.6 Å². The topological polar surface area (TPSA) is 17.1 Å². The molecule has 0 saturated heterocycles.